The van der Waals surface area contributed by atoms with Crippen molar-refractivity contribution < 1.29 is 14.3 Å². The molecule has 0 spiro atoms. The topological polar surface area (TPSA) is 79.8 Å². The Hall–Kier alpha value is -4.16. The quantitative estimate of drug-likeness (QED) is 0.272. The number of hydrogen-bond acceptors (Lipinski definition) is 4. The van der Waals surface area contributed by atoms with E-state index >= 15 is 0 Å². The van der Waals surface area contributed by atoms with Crippen molar-refractivity contribution in [3.63, 3.8) is 0 Å². The summed E-state index contributed by atoms with van der Waals surface area (Å²) in [6.45, 7) is 1.63. The lowest BCUT2D eigenvalue weighted by Gasteiger charge is -2.10. The first kappa shape index (κ1) is 23.0. The van der Waals surface area contributed by atoms with Crippen molar-refractivity contribution >= 4 is 46.1 Å². The van der Waals surface area contributed by atoms with E-state index in [4.69, 9.17) is 16.3 Å². The number of benzene rings is 4. The molecule has 170 valence electrons. The van der Waals surface area contributed by atoms with Crippen molar-refractivity contribution in [2.24, 2.45) is 5.10 Å². The summed E-state index contributed by atoms with van der Waals surface area (Å²) in [6, 6.07) is 25.7. The number of fused-ring (bicyclic) bond motifs is 1. The van der Waals surface area contributed by atoms with Gasteiger partial charge in [-0.25, -0.2) is 5.43 Å². The molecule has 0 radical (unpaired) electrons. The summed E-state index contributed by atoms with van der Waals surface area (Å²) in [7, 11) is 0. The molecule has 34 heavy (non-hydrogen) atoms. The molecule has 2 N–H and O–H groups in total. The van der Waals surface area contributed by atoms with Crippen LogP contribution in [0.15, 0.2) is 90.0 Å². The number of hydrogen-bond donors (Lipinski definition) is 2. The molecule has 7 heteroatoms. The van der Waals surface area contributed by atoms with Gasteiger partial charge >= 0.3 is 0 Å². The van der Waals surface area contributed by atoms with Gasteiger partial charge in [0.15, 0.2) is 6.61 Å². The van der Waals surface area contributed by atoms with Gasteiger partial charge in [-0.3, -0.25) is 9.59 Å². The molecule has 0 fully saturated rings. The maximum Gasteiger partial charge on any atom is 0.277 e. The summed E-state index contributed by atoms with van der Waals surface area (Å²) in [5.74, 6) is -0.198. The van der Waals surface area contributed by atoms with E-state index in [1.165, 1.54) is 0 Å². The van der Waals surface area contributed by atoms with Crippen molar-refractivity contribution in [2.45, 2.75) is 6.92 Å². The molecule has 0 aliphatic carbocycles. The number of halogens is 1. The van der Waals surface area contributed by atoms with Crippen LogP contribution in [0, 0.1) is 6.92 Å². The molecule has 0 heterocycles. The largest absolute Gasteiger partial charge is 0.484 e. The number of hydrazone groups is 1. The Morgan fingerprint density at radius 3 is 2.50 bits per heavy atom. The van der Waals surface area contributed by atoms with Crippen LogP contribution in [0.1, 0.15) is 21.5 Å². The Balaban J connectivity index is 1.29. The van der Waals surface area contributed by atoms with E-state index in [9.17, 15) is 9.59 Å². The Labute approximate surface area is 202 Å². The summed E-state index contributed by atoms with van der Waals surface area (Å²) in [4.78, 5) is 24.6. The van der Waals surface area contributed by atoms with Gasteiger partial charge in [0.1, 0.15) is 5.75 Å². The van der Waals surface area contributed by atoms with E-state index in [2.05, 4.69) is 15.8 Å². The molecule has 0 saturated heterocycles. The average molecular weight is 472 g/mol. The Bertz CT molecular complexity index is 1360. The Morgan fingerprint density at radius 2 is 1.68 bits per heavy atom. The average Bonchev–Trinajstić information content (AvgIpc) is 2.86. The Kier molecular flexibility index (Phi) is 7.20. The summed E-state index contributed by atoms with van der Waals surface area (Å²) < 4.78 is 5.49. The molecule has 6 nitrogen and oxygen atoms in total. The fraction of sp³-hybridized carbons (Fsp3) is 0.0741. The first-order valence-corrected chi connectivity index (χ1v) is 11.0. The van der Waals surface area contributed by atoms with Crippen molar-refractivity contribution in [3.05, 3.63) is 107 Å². The SMILES string of the molecule is Cc1c(Cl)cccc1NC(=O)c1ccc(OCC(=O)NN=Cc2cccc3ccccc23)cc1. The number of ether oxygens (including phenoxy) is 1. The van der Waals surface area contributed by atoms with Gasteiger partial charge in [-0.05, 0) is 59.7 Å². The molecular weight excluding hydrogens is 450 g/mol. The maximum absolute atomic E-state index is 12.5. The zero-order valence-corrected chi connectivity index (χ0v) is 19.2. The van der Waals surface area contributed by atoms with E-state index in [1.54, 1.807) is 48.7 Å². The summed E-state index contributed by atoms with van der Waals surface area (Å²) >= 11 is 6.10. The van der Waals surface area contributed by atoms with Crippen LogP contribution in [0.5, 0.6) is 5.75 Å². The number of nitrogens with zero attached hydrogens (tertiary/aromatic N) is 1. The fourth-order valence-electron chi connectivity index (χ4n) is 3.36. The summed E-state index contributed by atoms with van der Waals surface area (Å²) in [6.07, 6.45) is 1.61. The smallest absolute Gasteiger partial charge is 0.277 e. The normalized spacial score (nSPS) is 10.9. The third kappa shape index (κ3) is 5.60. The van der Waals surface area contributed by atoms with Gasteiger partial charge in [0, 0.05) is 21.8 Å². The van der Waals surface area contributed by atoms with Crippen LogP contribution in [-0.2, 0) is 4.79 Å². The molecular formula is C27H22ClN3O3. The lowest BCUT2D eigenvalue weighted by atomic mass is 10.1. The summed E-state index contributed by atoms with van der Waals surface area (Å²) in [5.41, 5.74) is 5.27. The molecule has 0 saturated carbocycles. The maximum atomic E-state index is 12.5. The monoisotopic (exact) mass is 471 g/mol. The highest BCUT2D eigenvalue weighted by molar-refractivity contribution is 6.31. The highest BCUT2D eigenvalue weighted by Gasteiger charge is 2.10. The molecule has 0 atom stereocenters. The number of amides is 2. The number of nitrogens with one attached hydrogen (secondary N) is 2. The third-order valence-corrected chi connectivity index (χ3v) is 5.63. The number of carbonyl (C=O) groups is 2. The lowest BCUT2D eigenvalue weighted by Crippen LogP contribution is -2.24. The van der Waals surface area contributed by atoms with Gasteiger partial charge in [-0.1, -0.05) is 60.1 Å². The second kappa shape index (κ2) is 10.6. The zero-order chi connectivity index (χ0) is 23.9. The molecule has 0 aliphatic rings. The molecule has 0 aliphatic heterocycles. The van der Waals surface area contributed by atoms with Gasteiger partial charge in [-0.2, -0.15) is 5.10 Å². The van der Waals surface area contributed by atoms with Crippen LogP contribution in [0.4, 0.5) is 5.69 Å². The molecule has 0 bridgehead atoms. The van der Waals surface area contributed by atoms with Gasteiger partial charge in [0.05, 0.1) is 6.21 Å². The van der Waals surface area contributed by atoms with Crippen molar-refractivity contribution in [1.29, 1.82) is 0 Å². The number of anilines is 1. The van der Waals surface area contributed by atoms with Crippen LogP contribution in [0.2, 0.25) is 5.02 Å². The lowest BCUT2D eigenvalue weighted by molar-refractivity contribution is -0.123. The highest BCUT2D eigenvalue weighted by Crippen LogP contribution is 2.24. The second-order valence-electron chi connectivity index (χ2n) is 7.54. The van der Waals surface area contributed by atoms with Crippen molar-refractivity contribution in [3.8, 4) is 5.75 Å². The van der Waals surface area contributed by atoms with Crippen LogP contribution in [-0.4, -0.2) is 24.6 Å². The number of rotatable bonds is 7. The molecule has 0 aromatic heterocycles. The van der Waals surface area contributed by atoms with Crippen LogP contribution in [0.25, 0.3) is 10.8 Å². The van der Waals surface area contributed by atoms with Gasteiger partial charge in [0.2, 0.25) is 0 Å². The van der Waals surface area contributed by atoms with Crippen LogP contribution >= 0.6 is 11.6 Å². The molecule has 2 amide bonds. The van der Waals surface area contributed by atoms with Crippen LogP contribution in [0.3, 0.4) is 0 Å². The minimum Gasteiger partial charge on any atom is -0.484 e. The van der Waals surface area contributed by atoms with E-state index in [0.717, 1.165) is 21.9 Å². The number of carbonyl (C=O) groups excluding carboxylic acids is 2. The van der Waals surface area contributed by atoms with Crippen molar-refractivity contribution in [2.75, 3.05) is 11.9 Å². The fourth-order valence-corrected chi connectivity index (χ4v) is 3.53. The van der Waals surface area contributed by atoms with Gasteiger partial charge in [0.25, 0.3) is 11.8 Å². The highest BCUT2D eigenvalue weighted by atomic mass is 35.5. The van der Waals surface area contributed by atoms with Gasteiger partial charge < -0.3 is 10.1 Å². The third-order valence-electron chi connectivity index (χ3n) is 5.22. The standard InChI is InChI=1S/C27H22ClN3O3/c1-18-24(28)10-5-11-25(18)30-27(33)20-12-14-22(15-13-20)34-17-26(32)31-29-16-21-8-4-7-19-6-2-3-9-23(19)21/h2-16H,17H2,1H3,(H,30,33)(H,31,32). The van der Waals surface area contributed by atoms with Gasteiger partial charge in [-0.15, -0.1) is 0 Å². The molecule has 4 rings (SSSR count). The van der Waals surface area contributed by atoms with Crippen LogP contribution < -0.4 is 15.5 Å². The second-order valence-corrected chi connectivity index (χ2v) is 7.95. The van der Waals surface area contributed by atoms with E-state index in [-0.39, 0.29) is 12.5 Å². The Morgan fingerprint density at radius 1 is 0.941 bits per heavy atom. The minimum absolute atomic E-state index is 0.208. The predicted molar refractivity (Wildman–Crippen MR) is 136 cm³/mol. The van der Waals surface area contributed by atoms with E-state index in [1.807, 2.05) is 49.4 Å². The zero-order valence-electron chi connectivity index (χ0n) is 18.4. The summed E-state index contributed by atoms with van der Waals surface area (Å²) in [5, 5.41) is 9.60. The predicted octanol–water partition coefficient (Wildman–Crippen LogP) is 5.58. The molecule has 0 unspecified atom stereocenters. The first-order valence-electron chi connectivity index (χ1n) is 10.6. The van der Waals surface area contributed by atoms with E-state index in [0.29, 0.717) is 22.0 Å². The van der Waals surface area contributed by atoms with E-state index < -0.39 is 5.91 Å². The minimum atomic E-state index is -0.394. The molecule has 4 aromatic rings. The first-order chi connectivity index (χ1) is 16.5. The van der Waals surface area contributed by atoms with Crippen molar-refractivity contribution in [1.82, 2.24) is 5.43 Å². The molecule has 4 aromatic carbocycles.